The Balaban J connectivity index is 1.53. The molecule has 1 aromatic heterocycles. The summed E-state index contributed by atoms with van der Waals surface area (Å²) in [6.07, 6.45) is 4.14. The third-order valence-corrected chi connectivity index (χ3v) is 6.33. The first-order valence-corrected chi connectivity index (χ1v) is 10.1. The van der Waals surface area contributed by atoms with Crippen molar-refractivity contribution in [2.24, 2.45) is 0 Å². The van der Waals surface area contributed by atoms with Crippen LogP contribution in [0.3, 0.4) is 0 Å². The Morgan fingerprint density at radius 3 is 2.93 bits per heavy atom. The lowest BCUT2D eigenvalue weighted by Crippen LogP contribution is -2.43. The van der Waals surface area contributed by atoms with Crippen LogP contribution < -0.4 is 10.6 Å². The highest BCUT2D eigenvalue weighted by Gasteiger charge is 2.32. The van der Waals surface area contributed by atoms with E-state index in [-0.39, 0.29) is 17.8 Å². The predicted molar refractivity (Wildman–Crippen MR) is 111 cm³/mol. The summed E-state index contributed by atoms with van der Waals surface area (Å²) >= 11 is 1.66. The minimum Gasteiger partial charge on any atom is -0.353 e. The second-order valence-corrected chi connectivity index (χ2v) is 8.43. The van der Waals surface area contributed by atoms with Gasteiger partial charge in [0.2, 0.25) is 0 Å². The first-order valence-electron chi connectivity index (χ1n) is 9.31. The largest absolute Gasteiger partial charge is 0.353 e. The van der Waals surface area contributed by atoms with Gasteiger partial charge in [0.15, 0.2) is 0 Å². The average Bonchev–Trinajstić information content (AvgIpc) is 3.04. The predicted octanol–water partition coefficient (Wildman–Crippen LogP) is 3.62. The van der Waals surface area contributed by atoms with Gasteiger partial charge in [-0.25, -0.2) is 0 Å². The van der Waals surface area contributed by atoms with Gasteiger partial charge in [-0.05, 0) is 37.5 Å². The normalized spacial score (nSPS) is 19.2. The third-order valence-electron chi connectivity index (χ3n) is 5.18. The number of thiophene rings is 1. The van der Waals surface area contributed by atoms with Crippen molar-refractivity contribution < 1.29 is 9.72 Å². The molecular weight excluding hydrogens is 376 g/mol. The number of amides is 1. The molecule has 28 heavy (non-hydrogen) atoms. The zero-order valence-electron chi connectivity index (χ0n) is 15.8. The topological polar surface area (TPSA) is 87.5 Å². The number of nitro benzene ring substituents is 1. The molecular formula is C20H22N4O3S. The van der Waals surface area contributed by atoms with Crippen LogP contribution in [0.25, 0.3) is 6.08 Å². The number of nitrogens with zero attached hydrogens (tertiary/aromatic N) is 2. The maximum absolute atomic E-state index is 12.7. The molecule has 2 aliphatic rings. The molecule has 0 saturated carbocycles. The highest BCUT2D eigenvalue weighted by atomic mass is 32.1. The molecule has 0 aliphatic carbocycles. The molecule has 2 N–H and O–H groups in total. The average molecular weight is 398 g/mol. The van der Waals surface area contributed by atoms with Gasteiger partial charge in [-0.15, -0.1) is 11.3 Å². The van der Waals surface area contributed by atoms with Gasteiger partial charge >= 0.3 is 0 Å². The summed E-state index contributed by atoms with van der Waals surface area (Å²) in [5, 5.41) is 18.2. The van der Waals surface area contributed by atoms with Crippen LogP contribution in [0.2, 0.25) is 0 Å². The zero-order chi connectivity index (χ0) is 19.8. The smallest absolute Gasteiger partial charge is 0.270 e. The van der Waals surface area contributed by atoms with Crippen LogP contribution in [0.5, 0.6) is 0 Å². The molecule has 0 radical (unpaired) electrons. The van der Waals surface area contributed by atoms with Crippen LogP contribution in [-0.4, -0.2) is 34.5 Å². The molecule has 3 heterocycles. The molecule has 8 heteroatoms. The number of hydrogen-bond donors (Lipinski definition) is 2. The molecule has 1 aromatic carbocycles. The van der Waals surface area contributed by atoms with Gasteiger partial charge in [0.05, 0.1) is 10.5 Å². The van der Waals surface area contributed by atoms with Gasteiger partial charge in [-0.2, -0.15) is 0 Å². The monoisotopic (exact) mass is 398 g/mol. The Morgan fingerprint density at radius 1 is 1.36 bits per heavy atom. The summed E-state index contributed by atoms with van der Waals surface area (Å²) in [5.41, 5.74) is 2.71. The molecule has 7 nitrogen and oxygen atoms in total. The number of benzene rings is 1. The molecule has 0 fully saturated rings. The second kappa shape index (κ2) is 7.37. The first-order chi connectivity index (χ1) is 13.4. The van der Waals surface area contributed by atoms with E-state index in [1.54, 1.807) is 29.5 Å². The summed E-state index contributed by atoms with van der Waals surface area (Å²) < 4.78 is 0. The molecule has 4 rings (SSSR count). The van der Waals surface area contributed by atoms with Gasteiger partial charge < -0.3 is 10.6 Å². The van der Waals surface area contributed by atoms with Crippen LogP contribution in [0.1, 0.15) is 40.2 Å². The molecule has 1 atom stereocenters. The Bertz CT molecular complexity index is 966. The SMILES string of the molecule is CC(C)N1CCc2c(sc3c2C(=O)NC(/C=C\c2cccc([N+](=O)[O-])c2)N3)C1. The van der Waals surface area contributed by atoms with Crippen LogP contribution in [0.15, 0.2) is 30.3 Å². The molecule has 0 bridgehead atoms. The number of nitrogens with one attached hydrogen (secondary N) is 2. The summed E-state index contributed by atoms with van der Waals surface area (Å²) in [7, 11) is 0. The van der Waals surface area contributed by atoms with Crippen molar-refractivity contribution in [3.8, 4) is 0 Å². The minimum absolute atomic E-state index is 0.0470. The Labute approximate surface area is 167 Å². The summed E-state index contributed by atoms with van der Waals surface area (Å²) in [5.74, 6) is -0.0575. The Kier molecular flexibility index (Phi) is 4.91. The van der Waals surface area contributed by atoms with E-state index in [1.807, 2.05) is 6.08 Å². The van der Waals surface area contributed by atoms with Gasteiger partial charge in [0.1, 0.15) is 11.2 Å². The van der Waals surface area contributed by atoms with Crippen molar-refractivity contribution >= 4 is 34.0 Å². The summed E-state index contributed by atoms with van der Waals surface area (Å²) in [6, 6.07) is 6.90. The number of anilines is 1. The number of carbonyl (C=O) groups is 1. The highest BCUT2D eigenvalue weighted by Crippen LogP contribution is 2.39. The standard InChI is InChI=1S/C20H22N4O3S/c1-12(2)23-9-8-15-16(11-23)28-20-18(15)19(25)21-17(22-20)7-6-13-4-3-5-14(10-13)24(26)27/h3-7,10,12,17,22H,8-9,11H2,1-2H3,(H,21,25)/b7-6-. The molecule has 146 valence electrons. The molecule has 1 unspecified atom stereocenters. The van der Waals surface area contributed by atoms with E-state index in [1.165, 1.54) is 22.6 Å². The quantitative estimate of drug-likeness (QED) is 0.607. The van der Waals surface area contributed by atoms with E-state index in [2.05, 4.69) is 29.4 Å². The number of rotatable bonds is 4. The van der Waals surface area contributed by atoms with Crippen LogP contribution in [0, 0.1) is 10.1 Å². The van der Waals surface area contributed by atoms with Crippen molar-refractivity contribution in [3.05, 3.63) is 62.0 Å². The van der Waals surface area contributed by atoms with Gasteiger partial charge in [-0.3, -0.25) is 19.8 Å². The van der Waals surface area contributed by atoms with Crippen LogP contribution >= 0.6 is 11.3 Å². The molecule has 2 aromatic rings. The van der Waals surface area contributed by atoms with Crippen molar-refractivity contribution in [2.45, 2.75) is 39.0 Å². The number of nitro groups is 1. The van der Waals surface area contributed by atoms with Crippen LogP contribution in [0.4, 0.5) is 10.7 Å². The summed E-state index contributed by atoms with van der Waals surface area (Å²) in [4.78, 5) is 26.9. The number of non-ortho nitro benzene ring substituents is 1. The minimum atomic E-state index is -0.416. The lowest BCUT2D eigenvalue weighted by atomic mass is 10.0. The van der Waals surface area contributed by atoms with E-state index < -0.39 is 4.92 Å². The van der Waals surface area contributed by atoms with Crippen LogP contribution in [-0.2, 0) is 13.0 Å². The fourth-order valence-electron chi connectivity index (χ4n) is 3.64. The van der Waals surface area contributed by atoms with Crippen molar-refractivity contribution in [1.82, 2.24) is 10.2 Å². The third kappa shape index (κ3) is 3.53. The van der Waals surface area contributed by atoms with E-state index in [4.69, 9.17) is 0 Å². The zero-order valence-corrected chi connectivity index (χ0v) is 16.6. The molecule has 2 aliphatic heterocycles. The summed E-state index contributed by atoms with van der Waals surface area (Å²) in [6.45, 7) is 6.24. The van der Waals surface area contributed by atoms with Crippen molar-refractivity contribution in [2.75, 3.05) is 11.9 Å². The van der Waals surface area contributed by atoms with E-state index in [0.29, 0.717) is 11.6 Å². The van der Waals surface area contributed by atoms with Gasteiger partial charge in [-0.1, -0.05) is 18.2 Å². The fraction of sp³-hybridized carbons (Fsp3) is 0.350. The van der Waals surface area contributed by atoms with Gasteiger partial charge in [0, 0.05) is 36.1 Å². The Morgan fingerprint density at radius 2 is 2.18 bits per heavy atom. The Hall–Kier alpha value is -2.71. The second-order valence-electron chi connectivity index (χ2n) is 7.33. The lowest BCUT2D eigenvalue weighted by Gasteiger charge is -2.30. The number of fused-ring (bicyclic) bond motifs is 3. The van der Waals surface area contributed by atoms with E-state index in [9.17, 15) is 14.9 Å². The molecule has 0 saturated heterocycles. The highest BCUT2D eigenvalue weighted by molar-refractivity contribution is 7.16. The number of hydrogen-bond acceptors (Lipinski definition) is 6. The number of carbonyl (C=O) groups excluding carboxylic acids is 1. The van der Waals surface area contributed by atoms with E-state index >= 15 is 0 Å². The van der Waals surface area contributed by atoms with Crippen molar-refractivity contribution in [1.29, 1.82) is 0 Å². The van der Waals surface area contributed by atoms with E-state index in [0.717, 1.165) is 30.1 Å². The fourth-order valence-corrected chi connectivity index (χ4v) is 4.95. The van der Waals surface area contributed by atoms with Crippen molar-refractivity contribution in [3.63, 3.8) is 0 Å². The van der Waals surface area contributed by atoms with Gasteiger partial charge in [0.25, 0.3) is 11.6 Å². The first kappa shape index (κ1) is 18.6. The molecule has 1 amide bonds. The lowest BCUT2D eigenvalue weighted by molar-refractivity contribution is -0.384. The molecule has 0 spiro atoms. The maximum atomic E-state index is 12.7. The maximum Gasteiger partial charge on any atom is 0.270 e.